The molecule has 174 valence electrons. The fourth-order valence-electron chi connectivity index (χ4n) is 4.45. The highest BCUT2D eigenvalue weighted by molar-refractivity contribution is 7.89. The molecule has 0 saturated heterocycles. The zero-order valence-corrected chi connectivity index (χ0v) is 20.9. The predicted molar refractivity (Wildman–Crippen MR) is 133 cm³/mol. The van der Waals surface area contributed by atoms with Crippen molar-refractivity contribution < 1.29 is 13.2 Å². The van der Waals surface area contributed by atoms with Gasteiger partial charge in [0, 0.05) is 18.0 Å². The standard InChI is InChI=1S/C26H30N2O3S2/c1-19(2)17-27(33(30,31)21-10-5-4-6-11-21)18-25(29)28-15-13-24-23(14-16-32-24)26(28)22-12-8-7-9-20(22)3/h4-12,14,16,19,26H,13,15,17-18H2,1-3H3. The highest BCUT2D eigenvalue weighted by atomic mass is 32.2. The number of amides is 1. The van der Waals surface area contributed by atoms with Crippen molar-refractivity contribution >= 4 is 27.3 Å². The minimum atomic E-state index is -3.78. The summed E-state index contributed by atoms with van der Waals surface area (Å²) < 4.78 is 28.2. The van der Waals surface area contributed by atoms with Gasteiger partial charge in [-0.15, -0.1) is 11.3 Å². The molecule has 1 aliphatic rings. The third-order valence-electron chi connectivity index (χ3n) is 6.03. The van der Waals surface area contributed by atoms with Crippen LogP contribution in [-0.4, -0.2) is 43.2 Å². The molecule has 33 heavy (non-hydrogen) atoms. The summed E-state index contributed by atoms with van der Waals surface area (Å²) >= 11 is 1.72. The van der Waals surface area contributed by atoms with Gasteiger partial charge in [-0.05, 0) is 59.5 Å². The molecule has 0 fully saturated rings. The Morgan fingerprint density at radius 1 is 1.06 bits per heavy atom. The average molecular weight is 483 g/mol. The van der Waals surface area contributed by atoms with E-state index >= 15 is 0 Å². The Morgan fingerprint density at radius 3 is 2.45 bits per heavy atom. The third-order valence-corrected chi connectivity index (χ3v) is 8.85. The molecule has 1 unspecified atom stereocenters. The van der Waals surface area contributed by atoms with Gasteiger partial charge in [0.15, 0.2) is 0 Å². The van der Waals surface area contributed by atoms with Gasteiger partial charge >= 0.3 is 0 Å². The SMILES string of the molecule is Cc1ccccc1C1c2ccsc2CCN1C(=O)CN(CC(C)C)S(=O)(=O)c1ccccc1. The lowest BCUT2D eigenvalue weighted by molar-refractivity contribution is -0.133. The van der Waals surface area contributed by atoms with Gasteiger partial charge in [-0.2, -0.15) is 4.31 Å². The van der Waals surface area contributed by atoms with Crippen LogP contribution in [0.25, 0.3) is 0 Å². The molecule has 3 aromatic rings. The summed E-state index contributed by atoms with van der Waals surface area (Å²) in [5, 5.41) is 2.08. The second-order valence-corrected chi connectivity index (χ2v) is 11.8. The van der Waals surface area contributed by atoms with Gasteiger partial charge in [0.1, 0.15) is 0 Å². The maximum atomic E-state index is 13.7. The van der Waals surface area contributed by atoms with Crippen molar-refractivity contribution in [3.63, 3.8) is 0 Å². The second kappa shape index (κ2) is 9.79. The highest BCUT2D eigenvalue weighted by Crippen LogP contribution is 2.39. The van der Waals surface area contributed by atoms with Crippen LogP contribution in [0, 0.1) is 12.8 Å². The largest absolute Gasteiger partial charge is 0.330 e. The molecule has 0 radical (unpaired) electrons. The summed E-state index contributed by atoms with van der Waals surface area (Å²) in [5.74, 6) is -0.0754. The molecule has 0 spiro atoms. The average Bonchev–Trinajstić information content (AvgIpc) is 3.28. The topological polar surface area (TPSA) is 57.7 Å². The van der Waals surface area contributed by atoms with E-state index in [-0.39, 0.29) is 35.9 Å². The van der Waals surface area contributed by atoms with E-state index in [0.29, 0.717) is 6.54 Å². The van der Waals surface area contributed by atoms with Crippen molar-refractivity contribution in [3.05, 3.63) is 87.6 Å². The fraction of sp³-hybridized carbons (Fsp3) is 0.346. The summed E-state index contributed by atoms with van der Waals surface area (Å²) in [6.45, 7) is 6.68. The molecule has 5 nitrogen and oxygen atoms in total. The molecule has 1 atom stereocenters. The van der Waals surface area contributed by atoms with Crippen LogP contribution >= 0.6 is 11.3 Å². The van der Waals surface area contributed by atoms with Crippen molar-refractivity contribution in [2.24, 2.45) is 5.92 Å². The van der Waals surface area contributed by atoms with E-state index in [9.17, 15) is 13.2 Å². The first kappa shape index (κ1) is 23.7. The zero-order valence-electron chi connectivity index (χ0n) is 19.3. The van der Waals surface area contributed by atoms with Crippen LogP contribution in [-0.2, 0) is 21.2 Å². The summed E-state index contributed by atoms with van der Waals surface area (Å²) in [6, 6.07) is 18.4. The van der Waals surface area contributed by atoms with Crippen LogP contribution in [0.2, 0.25) is 0 Å². The van der Waals surface area contributed by atoms with E-state index in [1.807, 2.05) is 30.9 Å². The van der Waals surface area contributed by atoms with Crippen LogP contribution in [0.3, 0.4) is 0 Å². The number of hydrogen-bond donors (Lipinski definition) is 0. The maximum Gasteiger partial charge on any atom is 0.243 e. The van der Waals surface area contributed by atoms with Gasteiger partial charge in [-0.25, -0.2) is 8.42 Å². The fourth-order valence-corrected chi connectivity index (χ4v) is 6.93. The molecule has 7 heteroatoms. The molecule has 4 rings (SSSR count). The predicted octanol–water partition coefficient (Wildman–Crippen LogP) is 4.88. The molecule has 0 saturated carbocycles. The number of thiophene rings is 1. The first-order valence-corrected chi connectivity index (χ1v) is 13.6. The van der Waals surface area contributed by atoms with Gasteiger partial charge < -0.3 is 4.90 Å². The number of fused-ring (bicyclic) bond motifs is 1. The Kier molecular flexibility index (Phi) is 7.02. The first-order chi connectivity index (χ1) is 15.8. The van der Waals surface area contributed by atoms with Gasteiger partial charge in [-0.3, -0.25) is 4.79 Å². The number of carbonyl (C=O) groups is 1. The van der Waals surface area contributed by atoms with E-state index in [1.165, 1.54) is 9.18 Å². The molecule has 1 aliphatic heterocycles. The van der Waals surface area contributed by atoms with Crippen molar-refractivity contribution in [1.82, 2.24) is 9.21 Å². The Morgan fingerprint density at radius 2 is 1.76 bits per heavy atom. The Labute approximate surface area is 200 Å². The smallest absolute Gasteiger partial charge is 0.243 e. The number of nitrogens with zero attached hydrogens (tertiary/aromatic N) is 2. The number of hydrogen-bond acceptors (Lipinski definition) is 4. The van der Waals surface area contributed by atoms with E-state index in [0.717, 1.165) is 23.1 Å². The summed E-state index contributed by atoms with van der Waals surface area (Å²) in [4.78, 5) is 17.1. The van der Waals surface area contributed by atoms with Crippen molar-refractivity contribution in [2.75, 3.05) is 19.6 Å². The highest BCUT2D eigenvalue weighted by Gasteiger charge is 2.36. The first-order valence-electron chi connectivity index (χ1n) is 11.3. The van der Waals surface area contributed by atoms with Crippen LogP contribution in [0.5, 0.6) is 0 Å². The van der Waals surface area contributed by atoms with Crippen LogP contribution in [0.4, 0.5) is 0 Å². The number of sulfonamides is 1. The summed E-state index contributed by atoms with van der Waals surface area (Å²) in [5.41, 5.74) is 3.36. The Balaban J connectivity index is 1.68. The zero-order chi connectivity index (χ0) is 23.6. The quantitative estimate of drug-likeness (QED) is 0.482. The summed E-state index contributed by atoms with van der Waals surface area (Å²) in [6.07, 6.45) is 0.788. The van der Waals surface area contributed by atoms with Crippen LogP contribution < -0.4 is 0 Å². The minimum Gasteiger partial charge on any atom is -0.330 e. The maximum absolute atomic E-state index is 13.7. The van der Waals surface area contributed by atoms with E-state index in [2.05, 4.69) is 30.5 Å². The molecule has 0 N–H and O–H groups in total. The number of aryl methyl sites for hydroxylation is 1. The number of benzene rings is 2. The van der Waals surface area contributed by atoms with E-state index in [1.54, 1.807) is 41.7 Å². The van der Waals surface area contributed by atoms with Gasteiger partial charge in [0.2, 0.25) is 15.9 Å². The molecular formula is C26H30N2O3S2. The van der Waals surface area contributed by atoms with E-state index < -0.39 is 10.0 Å². The van der Waals surface area contributed by atoms with Crippen molar-refractivity contribution in [2.45, 2.75) is 38.1 Å². The second-order valence-electron chi connectivity index (χ2n) is 8.90. The van der Waals surface area contributed by atoms with Crippen molar-refractivity contribution in [1.29, 1.82) is 0 Å². The van der Waals surface area contributed by atoms with Crippen molar-refractivity contribution in [3.8, 4) is 0 Å². The van der Waals surface area contributed by atoms with Gasteiger partial charge in [-0.1, -0.05) is 56.3 Å². The summed E-state index contributed by atoms with van der Waals surface area (Å²) in [7, 11) is -3.78. The lowest BCUT2D eigenvalue weighted by atomic mass is 9.90. The van der Waals surface area contributed by atoms with Crippen LogP contribution in [0.1, 0.15) is 41.5 Å². The minimum absolute atomic E-state index is 0.0910. The van der Waals surface area contributed by atoms with Gasteiger partial charge in [0.05, 0.1) is 17.5 Å². The molecular weight excluding hydrogens is 452 g/mol. The third kappa shape index (κ3) is 4.90. The number of rotatable bonds is 7. The van der Waals surface area contributed by atoms with Gasteiger partial charge in [0.25, 0.3) is 0 Å². The lowest BCUT2D eigenvalue weighted by Gasteiger charge is -2.38. The molecule has 0 bridgehead atoms. The Hall–Kier alpha value is -2.48. The molecule has 1 amide bonds. The number of carbonyl (C=O) groups excluding carboxylic acids is 1. The monoisotopic (exact) mass is 482 g/mol. The molecule has 1 aromatic heterocycles. The molecule has 0 aliphatic carbocycles. The molecule has 2 aromatic carbocycles. The van der Waals surface area contributed by atoms with Crippen LogP contribution in [0.15, 0.2) is 70.9 Å². The Bertz CT molecular complexity index is 1220. The lowest BCUT2D eigenvalue weighted by Crippen LogP contribution is -2.47. The van der Waals surface area contributed by atoms with E-state index in [4.69, 9.17) is 0 Å². The normalized spacial score (nSPS) is 16.3. The molecule has 2 heterocycles.